The van der Waals surface area contributed by atoms with E-state index in [1.807, 2.05) is 24.3 Å². The average molecular weight is 371 g/mol. The number of aryl methyl sites for hydroxylation is 1. The van der Waals surface area contributed by atoms with Crippen molar-refractivity contribution in [2.75, 3.05) is 20.3 Å². The molecule has 0 aliphatic rings. The summed E-state index contributed by atoms with van der Waals surface area (Å²) in [4.78, 5) is 14.8. The molecule has 6 heteroatoms. The van der Waals surface area contributed by atoms with Gasteiger partial charge in [0.05, 0.1) is 12.8 Å². The largest absolute Gasteiger partial charge is 0.479 e. The number of carbonyl (C=O) groups is 1. The van der Waals surface area contributed by atoms with Crippen LogP contribution in [0.2, 0.25) is 0 Å². The highest BCUT2D eigenvalue weighted by Crippen LogP contribution is 2.23. The summed E-state index contributed by atoms with van der Waals surface area (Å²) in [5.74, 6) is 0.0112. The number of nitrogens with two attached hydrogens (primary N) is 1. The summed E-state index contributed by atoms with van der Waals surface area (Å²) in [7, 11) is 1.31. The molecule has 2 aromatic rings. The number of rotatable bonds is 10. The Hall–Kier alpha value is -2.86. The summed E-state index contributed by atoms with van der Waals surface area (Å²) < 4.78 is 10.3. The van der Waals surface area contributed by atoms with Gasteiger partial charge >= 0.3 is 5.97 Å². The van der Waals surface area contributed by atoms with Gasteiger partial charge in [0, 0.05) is 31.7 Å². The molecule has 0 atom stereocenters. The molecule has 1 heterocycles. The zero-order valence-electron chi connectivity index (χ0n) is 15.8. The quantitative estimate of drug-likeness (QED) is 0.333. The maximum Gasteiger partial charge on any atom is 0.343 e. The van der Waals surface area contributed by atoms with Crippen LogP contribution in [0.25, 0.3) is 5.76 Å². The third kappa shape index (κ3) is 6.42. The van der Waals surface area contributed by atoms with Crippen LogP contribution in [0.4, 0.5) is 0 Å². The number of aliphatic hydroxyl groups is 1. The van der Waals surface area contributed by atoms with Crippen molar-refractivity contribution in [3.63, 3.8) is 0 Å². The van der Waals surface area contributed by atoms with Crippen molar-refractivity contribution in [1.29, 1.82) is 0 Å². The van der Waals surface area contributed by atoms with Gasteiger partial charge in [0.2, 0.25) is 0 Å². The Bertz CT molecular complexity index is 794. The number of methoxy groups -OCH3 is 1. The van der Waals surface area contributed by atoms with Crippen molar-refractivity contribution in [2.45, 2.75) is 26.2 Å². The number of esters is 1. The first kappa shape index (κ1) is 20.5. The topological polar surface area (TPSA) is 97.1 Å². The lowest BCUT2D eigenvalue weighted by Gasteiger charge is -2.07. The van der Waals surface area contributed by atoms with Gasteiger partial charge in [-0.3, -0.25) is 5.41 Å². The van der Waals surface area contributed by atoms with Crippen molar-refractivity contribution in [3.05, 3.63) is 65.0 Å². The zero-order valence-corrected chi connectivity index (χ0v) is 15.8. The number of nitrogens with one attached hydrogen (secondary N) is 1. The van der Waals surface area contributed by atoms with Gasteiger partial charge in [0.15, 0.2) is 12.3 Å². The van der Waals surface area contributed by atoms with Crippen molar-refractivity contribution < 1.29 is 24.8 Å². The number of aliphatic hydroxyl groups excluding tert-OH is 1. The molecule has 27 heavy (non-hydrogen) atoms. The first-order valence-electron chi connectivity index (χ1n) is 8.89. The van der Waals surface area contributed by atoms with Crippen LogP contribution in [0.1, 0.15) is 35.9 Å². The molecule has 6 nitrogen and oxygen atoms in total. The third-order valence-corrected chi connectivity index (χ3v) is 4.02. The van der Waals surface area contributed by atoms with Crippen molar-refractivity contribution in [3.8, 4) is 0 Å². The minimum atomic E-state index is -0.466. The third-order valence-electron chi connectivity index (χ3n) is 4.02. The number of H-pyrrole nitrogens is 1. The Kier molecular flexibility index (Phi) is 7.82. The Morgan fingerprint density at radius 3 is 2.67 bits per heavy atom. The second-order valence-corrected chi connectivity index (χ2v) is 6.29. The van der Waals surface area contributed by atoms with E-state index in [-0.39, 0.29) is 13.2 Å². The van der Waals surface area contributed by atoms with Gasteiger partial charge < -0.3 is 19.6 Å². The highest BCUT2D eigenvalue weighted by molar-refractivity contribution is 5.93. The molecule has 0 saturated carbocycles. The molecule has 0 aliphatic carbocycles. The maximum atomic E-state index is 11.4. The number of aromatic amines is 1. The van der Waals surface area contributed by atoms with E-state index in [4.69, 9.17) is 10.1 Å². The van der Waals surface area contributed by atoms with Crippen LogP contribution in [0.15, 0.2) is 42.5 Å². The van der Waals surface area contributed by atoms with E-state index in [1.165, 1.54) is 12.7 Å². The first-order chi connectivity index (χ1) is 13.0. The van der Waals surface area contributed by atoms with E-state index in [2.05, 4.69) is 21.9 Å². The molecule has 144 valence electrons. The molecule has 1 aromatic carbocycles. The van der Waals surface area contributed by atoms with E-state index >= 15 is 0 Å². The van der Waals surface area contributed by atoms with E-state index in [0.29, 0.717) is 17.9 Å². The normalized spacial score (nSPS) is 11.3. The Morgan fingerprint density at radius 1 is 1.30 bits per heavy atom. The first-order valence-corrected chi connectivity index (χ1v) is 8.89. The molecule has 0 unspecified atom stereocenters. The van der Waals surface area contributed by atoms with Gasteiger partial charge in [-0.2, -0.15) is 0 Å². The summed E-state index contributed by atoms with van der Waals surface area (Å²) in [5.41, 5.74) is 4.63. The summed E-state index contributed by atoms with van der Waals surface area (Å²) in [6.07, 6.45) is 3.82. The maximum absolute atomic E-state index is 11.4. The van der Waals surface area contributed by atoms with Crippen LogP contribution >= 0.6 is 0 Å². The molecule has 2 rings (SSSR count). The van der Waals surface area contributed by atoms with Crippen LogP contribution in [-0.4, -0.2) is 42.1 Å². The number of allylic oxidation sites excluding steroid dienone is 1. The molecule has 0 aliphatic heterocycles. The predicted molar refractivity (Wildman–Crippen MR) is 104 cm³/mol. The lowest BCUT2D eigenvalue weighted by Crippen LogP contribution is -2.36. The molecular formula is C21H27N2O4+. The minimum Gasteiger partial charge on any atom is -0.479 e. The van der Waals surface area contributed by atoms with E-state index < -0.39 is 5.97 Å². The van der Waals surface area contributed by atoms with E-state index in [9.17, 15) is 9.90 Å². The molecule has 0 saturated heterocycles. The number of ether oxygens (including phenoxy) is 2. The monoisotopic (exact) mass is 371 g/mol. The molecule has 0 spiro atoms. The Labute approximate surface area is 159 Å². The van der Waals surface area contributed by atoms with Crippen molar-refractivity contribution >= 4 is 17.4 Å². The fraction of sp³-hybridized carbons (Fsp3) is 0.333. The van der Waals surface area contributed by atoms with E-state index in [1.54, 1.807) is 13.0 Å². The molecular weight excluding hydrogens is 344 g/mol. The average Bonchev–Trinajstić information content (AvgIpc) is 3.06. The minimum absolute atomic E-state index is 0.127. The molecule has 0 bridgehead atoms. The summed E-state index contributed by atoms with van der Waals surface area (Å²) in [6, 6.07) is 12.1. The van der Waals surface area contributed by atoms with Gasteiger partial charge in [-0.25, -0.2) is 4.79 Å². The number of aromatic nitrogens is 1. The predicted octanol–water partition coefficient (Wildman–Crippen LogP) is 1.28. The number of hydrogen-bond acceptors (Lipinski definition) is 4. The fourth-order valence-corrected chi connectivity index (χ4v) is 2.72. The standard InChI is InChI=1S/C21H26N2O4/c1-15(22)11-20(27-14-21(25)26-2)19-13-17(9-6-10-24)18(23-19)12-16-7-4-3-5-8-16/h3-5,7-8,11,13,22-24H,6,9-10,12,14H2,1-2H3/p+1/b20-11+,22-15?. The number of hydrogen-bond donors (Lipinski definition) is 3. The summed E-state index contributed by atoms with van der Waals surface area (Å²) >= 11 is 0. The molecule has 4 N–H and O–H groups in total. The summed E-state index contributed by atoms with van der Waals surface area (Å²) in [6.45, 7) is 1.68. The molecule has 0 radical (unpaired) electrons. The van der Waals surface area contributed by atoms with Gasteiger partial charge in [0.25, 0.3) is 0 Å². The number of carbonyl (C=O) groups excluding carboxylic acids is 1. The smallest absolute Gasteiger partial charge is 0.343 e. The fourth-order valence-electron chi connectivity index (χ4n) is 2.72. The lowest BCUT2D eigenvalue weighted by molar-refractivity contribution is -0.143. The SMILES string of the molecule is COC(=O)CO/C(=C/C(C)=[NH2+])c1cc(CCCO)c(Cc2ccccc2)[nH]1. The van der Waals surface area contributed by atoms with Crippen LogP contribution in [0.3, 0.4) is 0 Å². The zero-order chi connectivity index (χ0) is 19.6. The Balaban J connectivity index is 2.32. The van der Waals surface area contributed by atoms with Gasteiger partial charge in [-0.15, -0.1) is 0 Å². The highest BCUT2D eigenvalue weighted by Gasteiger charge is 2.15. The summed E-state index contributed by atoms with van der Waals surface area (Å²) in [5, 5.41) is 15.0. The van der Waals surface area contributed by atoms with Crippen LogP contribution in [-0.2, 0) is 27.1 Å². The lowest BCUT2D eigenvalue weighted by atomic mass is 10.0. The van der Waals surface area contributed by atoms with Gasteiger partial charge in [-0.05, 0) is 30.0 Å². The highest BCUT2D eigenvalue weighted by atomic mass is 16.6. The molecule has 0 fully saturated rings. The van der Waals surface area contributed by atoms with Crippen molar-refractivity contribution in [1.82, 2.24) is 4.98 Å². The van der Waals surface area contributed by atoms with E-state index in [0.717, 1.165) is 29.8 Å². The Morgan fingerprint density at radius 2 is 2.04 bits per heavy atom. The van der Waals surface area contributed by atoms with Gasteiger partial charge in [0.1, 0.15) is 5.76 Å². The second kappa shape index (κ2) is 10.3. The van der Waals surface area contributed by atoms with Crippen LogP contribution < -0.4 is 5.41 Å². The van der Waals surface area contributed by atoms with Crippen LogP contribution in [0.5, 0.6) is 0 Å². The molecule has 0 amide bonds. The number of benzene rings is 1. The molecule has 1 aromatic heterocycles. The van der Waals surface area contributed by atoms with Crippen molar-refractivity contribution in [2.24, 2.45) is 0 Å². The van der Waals surface area contributed by atoms with Crippen LogP contribution in [0, 0.1) is 0 Å². The van der Waals surface area contributed by atoms with Gasteiger partial charge in [-0.1, -0.05) is 30.3 Å². The second-order valence-electron chi connectivity index (χ2n) is 6.29.